The molecular formula is C14H23F2N3O2. The van der Waals surface area contributed by atoms with E-state index in [0.717, 1.165) is 0 Å². The summed E-state index contributed by atoms with van der Waals surface area (Å²) in [7, 11) is 0. The lowest BCUT2D eigenvalue weighted by molar-refractivity contribution is -0.0402. The van der Waals surface area contributed by atoms with E-state index >= 15 is 0 Å². The third-order valence-electron chi connectivity index (χ3n) is 3.74. The summed E-state index contributed by atoms with van der Waals surface area (Å²) >= 11 is 0. The van der Waals surface area contributed by atoms with Gasteiger partial charge in [-0.2, -0.15) is 4.98 Å². The second kappa shape index (κ2) is 5.96. The van der Waals surface area contributed by atoms with Gasteiger partial charge in [0.25, 0.3) is 0 Å². The van der Waals surface area contributed by atoms with Gasteiger partial charge in [-0.25, -0.2) is 8.78 Å². The molecule has 0 amide bonds. The summed E-state index contributed by atoms with van der Waals surface area (Å²) in [4.78, 5) is 4.30. The zero-order chi connectivity index (χ0) is 15.7. The van der Waals surface area contributed by atoms with Crippen molar-refractivity contribution in [1.29, 1.82) is 0 Å². The minimum absolute atomic E-state index is 0.0554. The number of nitrogens with zero attached hydrogens (tertiary/aromatic N) is 2. The number of rotatable bonds is 5. The fraction of sp³-hybridized carbons (Fsp3) is 0.857. The molecule has 1 aromatic heterocycles. The maximum absolute atomic E-state index is 13.2. The second-order valence-electron chi connectivity index (χ2n) is 6.36. The van der Waals surface area contributed by atoms with Crippen molar-refractivity contribution in [2.45, 2.75) is 69.9 Å². The first-order valence-corrected chi connectivity index (χ1v) is 7.32. The van der Waals surface area contributed by atoms with Gasteiger partial charge < -0.3 is 15.0 Å². The highest BCUT2D eigenvalue weighted by atomic mass is 19.3. The molecule has 21 heavy (non-hydrogen) atoms. The molecule has 1 saturated carbocycles. The molecule has 1 fully saturated rings. The quantitative estimate of drug-likeness (QED) is 0.905. The summed E-state index contributed by atoms with van der Waals surface area (Å²) in [5, 5.41) is 3.90. The van der Waals surface area contributed by atoms with Crippen LogP contribution in [0, 0.1) is 0 Å². The van der Waals surface area contributed by atoms with Crippen LogP contribution < -0.4 is 5.73 Å². The Balaban J connectivity index is 2.01. The molecule has 1 aromatic rings. The molecule has 5 nitrogen and oxygen atoms in total. The number of hydrogen-bond acceptors (Lipinski definition) is 5. The minimum atomic E-state index is -2.56. The van der Waals surface area contributed by atoms with E-state index in [1.165, 1.54) is 0 Å². The van der Waals surface area contributed by atoms with Crippen molar-refractivity contribution in [3.05, 3.63) is 11.7 Å². The largest absolute Gasteiger partial charge is 0.376 e. The SMILES string of the molecule is CC(C)OCC(C)(N)c1noc(C2CCC(F)(F)CC2)n1. The molecule has 0 radical (unpaired) electrons. The third-order valence-corrected chi connectivity index (χ3v) is 3.74. The van der Waals surface area contributed by atoms with Gasteiger partial charge in [-0.15, -0.1) is 0 Å². The van der Waals surface area contributed by atoms with Crippen LogP contribution in [0.2, 0.25) is 0 Å². The molecule has 0 aromatic carbocycles. The predicted molar refractivity (Wildman–Crippen MR) is 73.1 cm³/mol. The van der Waals surface area contributed by atoms with Crippen molar-refractivity contribution >= 4 is 0 Å². The molecular weight excluding hydrogens is 280 g/mol. The average molecular weight is 303 g/mol. The summed E-state index contributed by atoms with van der Waals surface area (Å²) < 4.78 is 37.0. The molecule has 120 valence electrons. The molecule has 2 N–H and O–H groups in total. The van der Waals surface area contributed by atoms with E-state index < -0.39 is 11.5 Å². The lowest BCUT2D eigenvalue weighted by atomic mass is 9.87. The lowest BCUT2D eigenvalue weighted by Crippen LogP contribution is -2.40. The summed E-state index contributed by atoms with van der Waals surface area (Å²) in [6.45, 7) is 5.87. The molecule has 0 spiro atoms. The van der Waals surface area contributed by atoms with Gasteiger partial charge in [-0.3, -0.25) is 0 Å². The van der Waals surface area contributed by atoms with Gasteiger partial charge in [0.1, 0.15) is 5.54 Å². The van der Waals surface area contributed by atoms with Gasteiger partial charge in [0.2, 0.25) is 11.8 Å². The van der Waals surface area contributed by atoms with Crippen molar-refractivity contribution in [2.24, 2.45) is 5.73 Å². The first-order valence-electron chi connectivity index (χ1n) is 7.32. The standard InChI is InChI=1S/C14H23F2N3O2/c1-9(2)20-8-13(3,17)12-18-11(21-19-12)10-4-6-14(15,16)7-5-10/h9-10H,4-8,17H2,1-3H3. The fourth-order valence-corrected chi connectivity index (χ4v) is 2.32. The minimum Gasteiger partial charge on any atom is -0.376 e. The highest BCUT2D eigenvalue weighted by molar-refractivity contribution is 5.05. The van der Waals surface area contributed by atoms with Gasteiger partial charge in [0.15, 0.2) is 5.82 Å². The summed E-state index contributed by atoms with van der Waals surface area (Å²) in [6.07, 6.45) is 0.508. The maximum atomic E-state index is 13.2. The second-order valence-corrected chi connectivity index (χ2v) is 6.36. The van der Waals surface area contributed by atoms with Crippen LogP contribution in [0.1, 0.15) is 64.1 Å². The molecule has 7 heteroatoms. The van der Waals surface area contributed by atoms with Crippen molar-refractivity contribution < 1.29 is 18.0 Å². The molecule has 1 atom stereocenters. The average Bonchev–Trinajstić information content (AvgIpc) is 2.87. The zero-order valence-corrected chi connectivity index (χ0v) is 12.7. The van der Waals surface area contributed by atoms with Crippen LogP contribution in [0.3, 0.4) is 0 Å². The Morgan fingerprint density at radius 1 is 1.43 bits per heavy atom. The van der Waals surface area contributed by atoms with Crippen LogP contribution in [-0.4, -0.2) is 28.8 Å². The van der Waals surface area contributed by atoms with Crippen molar-refractivity contribution in [3.8, 4) is 0 Å². The van der Waals surface area contributed by atoms with Crippen LogP contribution >= 0.6 is 0 Å². The Bertz CT molecular complexity index is 465. The van der Waals surface area contributed by atoms with Gasteiger partial charge in [0, 0.05) is 18.8 Å². The molecule has 1 heterocycles. The Kier molecular flexibility index (Phi) is 4.63. The Hall–Kier alpha value is -1.08. The number of ether oxygens (including phenoxy) is 1. The van der Waals surface area contributed by atoms with E-state index in [9.17, 15) is 8.78 Å². The number of hydrogen-bond donors (Lipinski definition) is 1. The van der Waals surface area contributed by atoms with Crippen LogP contribution in [0.4, 0.5) is 8.78 Å². The van der Waals surface area contributed by atoms with Gasteiger partial charge in [0.05, 0.1) is 12.7 Å². The van der Waals surface area contributed by atoms with Gasteiger partial charge in [-0.05, 0) is 33.6 Å². The highest BCUT2D eigenvalue weighted by Gasteiger charge is 2.38. The number of aromatic nitrogens is 2. The molecule has 2 rings (SSSR count). The van der Waals surface area contributed by atoms with E-state index in [0.29, 0.717) is 24.6 Å². The summed E-state index contributed by atoms with van der Waals surface area (Å²) in [5.41, 5.74) is 5.29. The Morgan fingerprint density at radius 2 is 2.05 bits per heavy atom. The molecule has 1 aliphatic rings. The third kappa shape index (κ3) is 4.20. The Labute approximate surface area is 123 Å². The van der Waals surface area contributed by atoms with E-state index in [2.05, 4.69) is 10.1 Å². The summed E-state index contributed by atoms with van der Waals surface area (Å²) in [5.74, 6) is -1.91. The highest BCUT2D eigenvalue weighted by Crippen LogP contribution is 2.40. The summed E-state index contributed by atoms with van der Waals surface area (Å²) in [6, 6.07) is 0. The number of nitrogens with two attached hydrogens (primary N) is 1. The zero-order valence-electron chi connectivity index (χ0n) is 12.7. The van der Waals surface area contributed by atoms with Gasteiger partial charge in [-0.1, -0.05) is 5.16 Å². The monoisotopic (exact) mass is 303 g/mol. The Morgan fingerprint density at radius 3 is 2.62 bits per heavy atom. The molecule has 0 saturated heterocycles. The van der Waals surface area contributed by atoms with E-state index in [4.69, 9.17) is 15.0 Å². The van der Waals surface area contributed by atoms with Crippen LogP contribution in [0.15, 0.2) is 4.52 Å². The first kappa shape index (κ1) is 16.3. The fourth-order valence-electron chi connectivity index (χ4n) is 2.32. The van der Waals surface area contributed by atoms with Crippen LogP contribution in [0.5, 0.6) is 0 Å². The van der Waals surface area contributed by atoms with Crippen molar-refractivity contribution in [1.82, 2.24) is 10.1 Å². The van der Waals surface area contributed by atoms with E-state index in [1.54, 1.807) is 6.92 Å². The van der Waals surface area contributed by atoms with Crippen molar-refractivity contribution in [2.75, 3.05) is 6.61 Å². The van der Waals surface area contributed by atoms with E-state index in [-0.39, 0.29) is 31.5 Å². The van der Waals surface area contributed by atoms with Crippen molar-refractivity contribution in [3.63, 3.8) is 0 Å². The van der Waals surface area contributed by atoms with Crippen LogP contribution in [0.25, 0.3) is 0 Å². The van der Waals surface area contributed by atoms with E-state index in [1.807, 2.05) is 13.8 Å². The lowest BCUT2D eigenvalue weighted by Gasteiger charge is -2.26. The smallest absolute Gasteiger partial charge is 0.248 e. The first-order chi connectivity index (χ1) is 9.70. The normalized spacial score (nSPS) is 22.4. The van der Waals surface area contributed by atoms with Crippen LogP contribution in [-0.2, 0) is 10.3 Å². The molecule has 1 unspecified atom stereocenters. The number of alkyl halides is 2. The molecule has 1 aliphatic carbocycles. The molecule has 0 aliphatic heterocycles. The number of halogens is 2. The van der Waals surface area contributed by atoms with Gasteiger partial charge >= 0.3 is 0 Å². The topological polar surface area (TPSA) is 74.2 Å². The maximum Gasteiger partial charge on any atom is 0.248 e. The molecule has 0 bridgehead atoms. The predicted octanol–water partition coefficient (Wildman–Crippen LogP) is 2.96.